The Morgan fingerprint density at radius 2 is 2.22 bits per heavy atom. The van der Waals surface area contributed by atoms with Crippen LogP contribution in [0.15, 0.2) is 0 Å². The zero-order chi connectivity index (χ0) is 6.91. The highest BCUT2D eigenvalue weighted by Gasteiger charge is 2.33. The molecule has 0 unspecified atom stereocenters. The number of rotatable bonds is 0. The number of carbonyl (C=O) groups excluding carboxylic acids is 1. The molecule has 0 aromatic carbocycles. The largest absolute Gasteiger partial charge is 0.347 e. The Morgan fingerprint density at radius 1 is 1.56 bits per heavy atom. The monoisotopic (exact) mass is 130 g/mol. The minimum atomic E-state index is -0.349. The van der Waals surface area contributed by atoms with Crippen LogP contribution in [0.1, 0.15) is 20.3 Å². The third-order valence-corrected chi connectivity index (χ3v) is 1.50. The lowest BCUT2D eigenvalue weighted by Gasteiger charge is -2.24. The van der Waals surface area contributed by atoms with Crippen molar-refractivity contribution in [1.82, 2.24) is 0 Å². The minimum Gasteiger partial charge on any atom is -0.298 e. The molecule has 9 heavy (non-hydrogen) atoms. The molecule has 0 saturated carbocycles. The summed E-state index contributed by atoms with van der Waals surface area (Å²) in [4.78, 5) is 19.6. The van der Waals surface area contributed by atoms with Crippen LogP contribution < -0.4 is 0 Å². The highest BCUT2D eigenvalue weighted by Crippen LogP contribution is 2.25. The number of hydrogen-bond acceptors (Lipinski definition) is 3. The van der Waals surface area contributed by atoms with Crippen molar-refractivity contribution in [3.63, 3.8) is 0 Å². The van der Waals surface area contributed by atoms with E-state index in [4.69, 9.17) is 0 Å². The lowest BCUT2D eigenvalue weighted by molar-refractivity contribution is -0.299. The third-order valence-electron chi connectivity index (χ3n) is 1.50. The third kappa shape index (κ3) is 1.21. The second-order valence-corrected chi connectivity index (χ2v) is 2.83. The second kappa shape index (κ2) is 1.99. The van der Waals surface area contributed by atoms with Gasteiger partial charge in [-0.1, -0.05) is 0 Å². The van der Waals surface area contributed by atoms with Crippen molar-refractivity contribution in [2.24, 2.45) is 5.41 Å². The van der Waals surface area contributed by atoms with E-state index in [1.54, 1.807) is 0 Å². The molecular formula is C6H10O3. The van der Waals surface area contributed by atoms with Crippen molar-refractivity contribution >= 4 is 5.97 Å². The highest BCUT2D eigenvalue weighted by molar-refractivity contribution is 5.75. The normalized spacial score (nSPS) is 25.3. The molecule has 0 spiro atoms. The Hall–Kier alpha value is -0.570. The van der Waals surface area contributed by atoms with Gasteiger partial charge in [-0.3, -0.25) is 4.89 Å². The number of carbonyl (C=O) groups is 1. The standard InChI is InChI=1S/C6H10O3/c1-6(2)3-4-8-9-5(6)7/h3-4H2,1-2H3. The minimum absolute atomic E-state index is 0.270. The van der Waals surface area contributed by atoms with E-state index in [9.17, 15) is 4.79 Å². The van der Waals surface area contributed by atoms with E-state index in [0.29, 0.717) is 6.61 Å². The maximum absolute atomic E-state index is 10.8. The molecule has 0 aromatic heterocycles. The molecule has 0 atom stereocenters. The molecule has 0 aliphatic carbocycles. The van der Waals surface area contributed by atoms with Crippen LogP contribution >= 0.6 is 0 Å². The van der Waals surface area contributed by atoms with E-state index in [2.05, 4.69) is 9.78 Å². The van der Waals surface area contributed by atoms with E-state index in [0.717, 1.165) is 6.42 Å². The van der Waals surface area contributed by atoms with E-state index in [1.807, 2.05) is 13.8 Å². The molecule has 0 N–H and O–H groups in total. The second-order valence-electron chi connectivity index (χ2n) is 2.83. The van der Waals surface area contributed by atoms with Crippen LogP contribution in [0.25, 0.3) is 0 Å². The van der Waals surface area contributed by atoms with Gasteiger partial charge in [0, 0.05) is 0 Å². The topological polar surface area (TPSA) is 35.5 Å². The zero-order valence-corrected chi connectivity index (χ0v) is 5.64. The smallest absolute Gasteiger partial charge is 0.298 e. The fourth-order valence-corrected chi connectivity index (χ4v) is 0.607. The molecule has 52 valence electrons. The zero-order valence-electron chi connectivity index (χ0n) is 5.64. The molecule has 1 aliphatic rings. The molecule has 3 heteroatoms. The molecule has 1 aliphatic heterocycles. The number of hydrogen-bond donors (Lipinski definition) is 0. The molecule has 1 fully saturated rings. The van der Waals surface area contributed by atoms with E-state index in [-0.39, 0.29) is 11.4 Å². The average molecular weight is 130 g/mol. The van der Waals surface area contributed by atoms with Gasteiger partial charge in [0.2, 0.25) is 0 Å². The van der Waals surface area contributed by atoms with Crippen LogP contribution in [0.5, 0.6) is 0 Å². The first kappa shape index (κ1) is 6.55. The van der Waals surface area contributed by atoms with Gasteiger partial charge in [0.1, 0.15) is 0 Å². The fraction of sp³-hybridized carbons (Fsp3) is 0.833. The molecular weight excluding hydrogens is 120 g/mol. The van der Waals surface area contributed by atoms with Gasteiger partial charge >= 0.3 is 5.97 Å². The molecule has 1 rings (SSSR count). The average Bonchev–Trinajstić information content (AvgIpc) is 1.77. The molecule has 0 bridgehead atoms. The Balaban J connectivity index is 2.60. The Labute approximate surface area is 53.9 Å². The first-order valence-electron chi connectivity index (χ1n) is 2.97. The van der Waals surface area contributed by atoms with Gasteiger partial charge in [0.25, 0.3) is 0 Å². The lowest BCUT2D eigenvalue weighted by atomic mass is 9.90. The summed E-state index contributed by atoms with van der Waals surface area (Å²) in [6.45, 7) is 4.20. The van der Waals surface area contributed by atoms with Crippen LogP contribution in [-0.2, 0) is 14.6 Å². The summed E-state index contributed by atoms with van der Waals surface area (Å²) in [6, 6.07) is 0. The summed E-state index contributed by atoms with van der Waals surface area (Å²) >= 11 is 0. The SMILES string of the molecule is CC1(C)CCOOC1=O. The quantitative estimate of drug-likeness (QED) is 0.457. The van der Waals surface area contributed by atoms with Crippen LogP contribution in [0.3, 0.4) is 0 Å². The lowest BCUT2D eigenvalue weighted by Crippen LogP contribution is -2.32. The van der Waals surface area contributed by atoms with Crippen molar-refractivity contribution in [3.05, 3.63) is 0 Å². The summed E-state index contributed by atoms with van der Waals surface area (Å²) in [5, 5.41) is 0. The van der Waals surface area contributed by atoms with Gasteiger partial charge in [-0.2, -0.15) is 4.89 Å². The van der Waals surface area contributed by atoms with Gasteiger partial charge in [-0.25, -0.2) is 4.79 Å². The molecule has 1 saturated heterocycles. The molecule has 3 nitrogen and oxygen atoms in total. The molecule has 0 radical (unpaired) electrons. The highest BCUT2D eigenvalue weighted by atomic mass is 17.2. The van der Waals surface area contributed by atoms with Gasteiger partial charge < -0.3 is 0 Å². The van der Waals surface area contributed by atoms with Crippen molar-refractivity contribution in [2.75, 3.05) is 6.61 Å². The van der Waals surface area contributed by atoms with Crippen molar-refractivity contribution in [1.29, 1.82) is 0 Å². The first-order valence-corrected chi connectivity index (χ1v) is 2.97. The van der Waals surface area contributed by atoms with Crippen molar-refractivity contribution in [3.8, 4) is 0 Å². The van der Waals surface area contributed by atoms with Crippen LogP contribution in [-0.4, -0.2) is 12.6 Å². The first-order chi connectivity index (χ1) is 4.13. The maximum Gasteiger partial charge on any atom is 0.347 e. The Bertz CT molecular complexity index is 128. The Morgan fingerprint density at radius 3 is 2.56 bits per heavy atom. The summed E-state index contributed by atoms with van der Waals surface area (Å²) in [5.74, 6) is -0.270. The van der Waals surface area contributed by atoms with Gasteiger partial charge in [-0.15, -0.1) is 0 Å². The van der Waals surface area contributed by atoms with Gasteiger partial charge in [0.15, 0.2) is 0 Å². The Kier molecular flexibility index (Phi) is 1.45. The van der Waals surface area contributed by atoms with Crippen molar-refractivity contribution in [2.45, 2.75) is 20.3 Å². The maximum atomic E-state index is 10.8. The van der Waals surface area contributed by atoms with E-state index < -0.39 is 0 Å². The predicted molar refractivity (Wildman–Crippen MR) is 30.4 cm³/mol. The molecule has 0 aromatic rings. The summed E-state index contributed by atoms with van der Waals surface area (Å²) in [6.07, 6.45) is 0.742. The summed E-state index contributed by atoms with van der Waals surface area (Å²) < 4.78 is 0. The summed E-state index contributed by atoms with van der Waals surface area (Å²) in [7, 11) is 0. The van der Waals surface area contributed by atoms with Gasteiger partial charge in [0.05, 0.1) is 12.0 Å². The van der Waals surface area contributed by atoms with Crippen LogP contribution in [0.4, 0.5) is 0 Å². The summed E-state index contributed by atoms with van der Waals surface area (Å²) in [5.41, 5.74) is -0.349. The van der Waals surface area contributed by atoms with E-state index in [1.165, 1.54) is 0 Å². The van der Waals surface area contributed by atoms with Crippen LogP contribution in [0.2, 0.25) is 0 Å². The van der Waals surface area contributed by atoms with E-state index >= 15 is 0 Å². The van der Waals surface area contributed by atoms with Crippen molar-refractivity contribution < 1.29 is 14.6 Å². The predicted octanol–water partition coefficient (Wildman–Crippen LogP) is 0.891. The molecule has 1 heterocycles. The van der Waals surface area contributed by atoms with Crippen LogP contribution in [0, 0.1) is 5.41 Å². The van der Waals surface area contributed by atoms with Gasteiger partial charge in [-0.05, 0) is 20.3 Å². The fourth-order valence-electron chi connectivity index (χ4n) is 0.607. The molecule has 0 amide bonds.